The van der Waals surface area contributed by atoms with Crippen LogP contribution in [0.5, 0.6) is 11.6 Å². The van der Waals surface area contributed by atoms with E-state index in [-0.39, 0.29) is 6.03 Å². The zero-order chi connectivity index (χ0) is 16.2. The highest BCUT2D eigenvalue weighted by molar-refractivity contribution is 6.30. The van der Waals surface area contributed by atoms with E-state index in [0.29, 0.717) is 28.0 Å². The van der Waals surface area contributed by atoms with Crippen LogP contribution in [0.1, 0.15) is 5.69 Å². The van der Waals surface area contributed by atoms with E-state index >= 15 is 0 Å². The Bertz CT molecular complexity index is 831. The van der Waals surface area contributed by atoms with Crippen molar-refractivity contribution in [3.8, 4) is 11.6 Å². The molecule has 0 aliphatic rings. The van der Waals surface area contributed by atoms with Gasteiger partial charge in [0, 0.05) is 16.8 Å². The van der Waals surface area contributed by atoms with Gasteiger partial charge in [0.15, 0.2) is 0 Å². The number of nitrogens with zero attached hydrogens (tertiary/aromatic N) is 2. The van der Waals surface area contributed by atoms with E-state index in [9.17, 15) is 4.79 Å². The number of aryl methyl sites for hydroxylation is 1. The van der Waals surface area contributed by atoms with Gasteiger partial charge in [0.25, 0.3) is 0 Å². The van der Waals surface area contributed by atoms with Crippen LogP contribution < -0.4 is 10.1 Å². The van der Waals surface area contributed by atoms with Gasteiger partial charge in [-0.25, -0.2) is 4.79 Å². The Hall–Kier alpha value is -2.79. The molecule has 0 radical (unpaired) electrons. The highest BCUT2D eigenvalue weighted by Gasteiger charge is 2.13. The van der Waals surface area contributed by atoms with E-state index in [2.05, 4.69) is 10.4 Å². The Morgan fingerprint density at radius 2 is 1.91 bits per heavy atom. The van der Waals surface area contributed by atoms with E-state index in [1.165, 1.54) is 4.68 Å². The SMILES string of the molecule is Cc1cc(Oc2cccc(Cl)c2)nn1C(=O)Nc1ccccc1. The molecule has 6 heteroatoms. The second kappa shape index (κ2) is 6.54. The summed E-state index contributed by atoms with van der Waals surface area (Å²) in [5.74, 6) is 0.888. The molecule has 1 aromatic heterocycles. The van der Waals surface area contributed by atoms with Crippen molar-refractivity contribution in [1.29, 1.82) is 0 Å². The van der Waals surface area contributed by atoms with Gasteiger partial charge in [0.2, 0.25) is 5.88 Å². The normalized spacial score (nSPS) is 10.3. The number of benzene rings is 2. The van der Waals surface area contributed by atoms with Crippen molar-refractivity contribution >= 4 is 23.3 Å². The second-order valence-electron chi connectivity index (χ2n) is 4.89. The number of hydrogen-bond acceptors (Lipinski definition) is 3. The van der Waals surface area contributed by atoms with Gasteiger partial charge in [-0.2, -0.15) is 4.68 Å². The highest BCUT2D eigenvalue weighted by Crippen LogP contribution is 2.23. The molecule has 0 fully saturated rings. The Morgan fingerprint density at radius 3 is 2.65 bits per heavy atom. The molecule has 0 saturated carbocycles. The molecule has 0 aliphatic heterocycles. The predicted molar refractivity (Wildman–Crippen MR) is 89.3 cm³/mol. The fraction of sp³-hybridized carbons (Fsp3) is 0.0588. The monoisotopic (exact) mass is 327 g/mol. The van der Waals surface area contributed by atoms with E-state index < -0.39 is 0 Å². The van der Waals surface area contributed by atoms with Crippen LogP contribution in [0, 0.1) is 6.92 Å². The molecule has 0 unspecified atom stereocenters. The molecule has 1 amide bonds. The Labute approximate surface area is 138 Å². The fourth-order valence-corrected chi connectivity index (χ4v) is 2.23. The van der Waals surface area contributed by atoms with Crippen LogP contribution >= 0.6 is 11.6 Å². The molecule has 3 aromatic rings. The van der Waals surface area contributed by atoms with Crippen LogP contribution in [0.3, 0.4) is 0 Å². The molecule has 2 aromatic carbocycles. The van der Waals surface area contributed by atoms with Crippen molar-refractivity contribution in [2.45, 2.75) is 6.92 Å². The molecule has 0 atom stereocenters. The van der Waals surface area contributed by atoms with Gasteiger partial charge in [-0.15, -0.1) is 5.10 Å². The Morgan fingerprint density at radius 1 is 1.13 bits per heavy atom. The molecule has 0 saturated heterocycles. The van der Waals surface area contributed by atoms with Crippen molar-refractivity contribution in [2.24, 2.45) is 0 Å². The maximum atomic E-state index is 12.3. The fourth-order valence-electron chi connectivity index (χ4n) is 2.05. The lowest BCUT2D eigenvalue weighted by molar-refractivity contribution is 0.250. The zero-order valence-corrected chi connectivity index (χ0v) is 13.1. The van der Waals surface area contributed by atoms with Crippen LogP contribution in [0.25, 0.3) is 0 Å². The molecule has 5 nitrogen and oxygen atoms in total. The van der Waals surface area contributed by atoms with E-state index in [1.54, 1.807) is 49.4 Å². The highest BCUT2D eigenvalue weighted by atomic mass is 35.5. The van der Waals surface area contributed by atoms with Gasteiger partial charge in [-0.3, -0.25) is 0 Å². The van der Waals surface area contributed by atoms with Crippen LogP contribution in [0.15, 0.2) is 60.7 Å². The summed E-state index contributed by atoms with van der Waals surface area (Å²) in [5.41, 5.74) is 1.36. The molecule has 23 heavy (non-hydrogen) atoms. The lowest BCUT2D eigenvalue weighted by atomic mass is 10.3. The van der Waals surface area contributed by atoms with Crippen LogP contribution in [-0.4, -0.2) is 15.8 Å². The number of aromatic nitrogens is 2. The maximum Gasteiger partial charge on any atom is 0.346 e. The standard InChI is InChI=1S/C17H14ClN3O2/c1-12-10-16(23-15-9-5-6-13(18)11-15)20-21(12)17(22)19-14-7-3-2-4-8-14/h2-11H,1H3,(H,19,22). The van der Waals surface area contributed by atoms with E-state index in [4.69, 9.17) is 16.3 Å². The zero-order valence-electron chi connectivity index (χ0n) is 12.4. The molecule has 0 spiro atoms. The van der Waals surface area contributed by atoms with Gasteiger partial charge in [0.1, 0.15) is 5.75 Å². The van der Waals surface area contributed by atoms with Gasteiger partial charge in [-0.05, 0) is 37.3 Å². The number of para-hydroxylation sites is 1. The number of rotatable bonds is 3. The summed E-state index contributed by atoms with van der Waals surface area (Å²) in [7, 11) is 0. The summed E-state index contributed by atoms with van der Waals surface area (Å²) in [5, 5.41) is 7.51. The van der Waals surface area contributed by atoms with Gasteiger partial charge in [-0.1, -0.05) is 35.9 Å². The second-order valence-corrected chi connectivity index (χ2v) is 5.33. The number of halogens is 1. The molecule has 1 heterocycles. The van der Waals surface area contributed by atoms with Crippen molar-refractivity contribution < 1.29 is 9.53 Å². The topological polar surface area (TPSA) is 56.2 Å². The summed E-state index contributed by atoms with van der Waals surface area (Å²) >= 11 is 5.92. The van der Waals surface area contributed by atoms with Crippen LogP contribution in [-0.2, 0) is 0 Å². The molecule has 0 aliphatic carbocycles. The maximum absolute atomic E-state index is 12.3. The first-order valence-corrected chi connectivity index (χ1v) is 7.36. The first-order chi connectivity index (χ1) is 11.1. The number of amides is 1. The number of anilines is 1. The van der Waals surface area contributed by atoms with E-state index in [1.807, 2.05) is 18.2 Å². The lowest BCUT2D eigenvalue weighted by Gasteiger charge is -2.05. The number of nitrogens with one attached hydrogen (secondary N) is 1. The average molecular weight is 328 g/mol. The van der Waals surface area contributed by atoms with Gasteiger partial charge >= 0.3 is 6.03 Å². The Balaban J connectivity index is 1.76. The summed E-state index contributed by atoms with van der Waals surface area (Å²) in [4.78, 5) is 12.3. The number of hydrogen-bond donors (Lipinski definition) is 1. The van der Waals surface area contributed by atoms with Crippen molar-refractivity contribution in [3.63, 3.8) is 0 Å². The van der Waals surface area contributed by atoms with Gasteiger partial charge in [0.05, 0.1) is 5.69 Å². The number of ether oxygens (including phenoxy) is 1. The van der Waals surface area contributed by atoms with Crippen LogP contribution in [0.4, 0.5) is 10.5 Å². The smallest absolute Gasteiger partial charge is 0.346 e. The molecule has 1 N–H and O–H groups in total. The number of carbonyl (C=O) groups excluding carboxylic acids is 1. The average Bonchev–Trinajstić information content (AvgIpc) is 2.89. The van der Waals surface area contributed by atoms with Crippen LogP contribution in [0.2, 0.25) is 5.02 Å². The summed E-state index contributed by atoms with van der Waals surface area (Å²) in [6, 6.07) is 17.5. The summed E-state index contributed by atoms with van der Waals surface area (Å²) < 4.78 is 6.88. The molecule has 0 bridgehead atoms. The molecular weight excluding hydrogens is 314 g/mol. The first kappa shape index (κ1) is 15.1. The minimum atomic E-state index is -0.352. The summed E-state index contributed by atoms with van der Waals surface area (Å²) in [6.07, 6.45) is 0. The Kier molecular flexibility index (Phi) is 4.30. The summed E-state index contributed by atoms with van der Waals surface area (Å²) in [6.45, 7) is 1.78. The minimum absolute atomic E-state index is 0.327. The van der Waals surface area contributed by atoms with Crippen molar-refractivity contribution in [2.75, 3.05) is 5.32 Å². The molecule has 3 rings (SSSR count). The third-order valence-corrected chi connectivity index (χ3v) is 3.34. The van der Waals surface area contributed by atoms with Gasteiger partial charge < -0.3 is 10.1 Å². The third kappa shape index (κ3) is 3.70. The van der Waals surface area contributed by atoms with Crippen molar-refractivity contribution in [1.82, 2.24) is 9.78 Å². The van der Waals surface area contributed by atoms with E-state index in [0.717, 1.165) is 0 Å². The lowest BCUT2D eigenvalue weighted by Crippen LogP contribution is -2.21. The minimum Gasteiger partial charge on any atom is -0.437 e. The number of carbonyl (C=O) groups is 1. The predicted octanol–water partition coefficient (Wildman–Crippen LogP) is 4.72. The molecular formula is C17H14ClN3O2. The quantitative estimate of drug-likeness (QED) is 0.757. The largest absolute Gasteiger partial charge is 0.437 e. The van der Waals surface area contributed by atoms with Crippen molar-refractivity contribution in [3.05, 3.63) is 71.4 Å². The molecule has 116 valence electrons. The third-order valence-electron chi connectivity index (χ3n) is 3.10. The first-order valence-electron chi connectivity index (χ1n) is 6.98.